The molecule has 0 heterocycles. The van der Waals surface area contributed by atoms with Gasteiger partial charge in [0.25, 0.3) is 0 Å². The van der Waals surface area contributed by atoms with E-state index in [1.165, 1.54) is 0 Å². The number of hydrogen-bond acceptors (Lipinski definition) is 4. The number of rotatable bonds is 10. The Morgan fingerprint density at radius 1 is 0.875 bits per heavy atom. The predicted molar refractivity (Wildman–Crippen MR) is 67.7 cm³/mol. The molecule has 0 saturated heterocycles. The van der Waals surface area contributed by atoms with Crippen molar-refractivity contribution in [3.05, 3.63) is 0 Å². The summed E-state index contributed by atoms with van der Waals surface area (Å²) in [5, 5.41) is 0. The molecule has 0 amide bonds. The normalized spacial score (nSPS) is 12.0. The van der Waals surface area contributed by atoms with E-state index in [0.29, 0.717) is 13.2 Å². The second-order valence-corrected chi connectivity index (χ2v) is 4.24. The van der Waals surface area contributed by atoms with Crippen LogP contribution in [0.5, 0.6) is 0 Å². The van der Waals surface area contributed by atoms with E-state index in [1.807, 2.05) is 13.8 Å². The van der Waals surface area contributed by atoms with Crippen LogP contribution < -0.4 is 0 Å². The van der Waals surface area contributed by atoms with Gasteiger partial charge in [-0.3, -0.25) is 0 Å². The Kier molecular flexibility index (Phi) is 9.92. The van der Waals surface area contributed by atoms with Crippen molar-refractivity contribution < 1.29 is 9.47 Å². The molecule has 0 radical (unpaired) electrons. The lowest BCUT2D eigenvalue weighted by Crippen LogP contribution is -2.32. The molecule has 4 nitrogen and oxygen atoms in total. The Bertz CT molecular complexity index is 148. The van der Waals surface area contributed by atoms with Crippen LogP contribution in [0.4, 0.5) is 0 Å². The van der Waals surface area contributed by atoms with E-state index in [1.54, 1.807) is 0 Å². The SMILES string of the molecule is CCOC(CCN(C)CCN(C)C)OCC. The molecular weight excluding hydrogens is 204 g/mol. The van der Waals surface area contributed by atoms with Gasteiger partial charge in [-0.2, -0.15) is 0 Å². The highest BCUT2D eigenvalue weighted by Gasteiger charge is 2.09. The Morgan fingerprint density at radius 3 is 1.88 bits per heavy atom. The van der Waals surface area contributed by atoms with E-state index in [2.05, 4.69) is 30.9 Å². The zero-order valence-corrected chi connectivity index (χ0v) is 11.5. The summed E-state index contributed by atoms with van der Waals surface area (Å²) in [6.45, 7) is 8.61. The van der Waals surface area contributed by atoms with Crippen LogP contribution in [0.25, 0.3) is 0 Å². The van der Waals surface area contributed by atoms with Crippen LogP contribution in [0.1, 0.15) is 20.3 Å². The van der Waals surface area contributed by atoms with Crippen molar-refractivity contribution in [3.63, 3.8) is 0 Å². The molecule has 0 N–H and O–H groups in total. The minimum atomic E-state index is -0.0446. The first kappa shape index (κ1) is 15.8. The Labute approximate surface area is 101 Å². The second kappa shape index (κ2) is 10.0. The van der Waals surface area contributed by atoms with Gasteiger partial charge in [-0.15, -0.1) is 0 Å². The number of hydrogen-bond donors (Lipinski definition) is 0. The highest BCUT2D eigenvalue weighted by Crippen LogP contribution is 2.02. The van der Waals surface area contributed by atoms with Crippen molar-refractivity contribution in [2.75, 3.05) is 54.0 Å². The molecule has 0 saturated carbocycles. The van der Waals surface area contributed by atoms with E-state index in [0.717, 1.165) is 26.1 Å². The third-order valence-electron chi connectivity index (χ3n) is 2.38. The van der Waals surface area contributed by atoms with E-state index in [-0.39, 0.29) is 6.29 Å². The molecule has 0 spiro atoms. The molecule has 0 aliphatic rings. The fourth-order valence-electron chi connectivity index (χ4n) is 1.39. The predicted octanol–water partition coefficient (Wildman–Crippen LogP) is 1.27. The van der Waals surface area contributed by atoms with Gasteiger partial charge in [0.1, 0.15) is 0 Å². The molecule has 0 aromatic carbocycles. The fourth-order valence-corrected chi connectivity index (χ4v) is 1.39. The van der Waals surface area contributed by atoms with Crippen LogP contribution in [0.3, 0.4) is 0 Å². The Morgan fingerprint density at radius 2 is 1.44 bits per heavy atom. The van der Waals surface area contributed by atoms with Gasteiger partial charge >= 0.3 is 0 Å². The van der Waals surface area contributed by atoms with Crippen LogP contribution in [-0.2, 0) is 9.47 Å². The highest BCUT2D eigenvalue weighted by molar-refractivity contribution is 4.56. The van der Waals surface area contributed by atoms with Crippen molar-refractivity contribution in [3.8, 4) is 0 Å². The average Bonchev–Trinajstić information content (AvgIpc) is 2.23. The van der Waals surface area contributed by atoms with E-state index < -0.39 is 0 Å². The van der Waals surface area contributed by atoms with Crippen LogP contribution >= 0.6 is 0 Å². The topological polar surface area (TPSA) is 24.9 Å². The number of ether oxygens (including phenoxy) is 2. The third-order valence-corrected chi connectivity index (χ3v) is 2.38. The van der Waals surface area contributed by atoms with Gasteiger partial charge in [-0.1, -0.05) is 0 Å². The molecule has 0 rings (SSSR count). The second-order valence-electron chi connectivity index (χ2n) is 4.24. The number of likely N-dealkylation sites (N-methyl/N-ethyl adjacent to an activating group) is 2. The maximum absolute atomic E-state index is 5.50. The van der Waals surface area contributed by atoms with Gasteiger partial charge in [0.05, 0.1) is 0 Å². The van der Waals surface area contributed by atoms with E-state index in [9.17, 15) is 0 Å². The summed E-state index contributed by atoms with van der Waals surface area (Å²) >= 11 is 0. The zero-order chi connectivity index (χ0) is 12.4. The van der Waals surface area contributed by atoms with Gasteiger partial charge < -0.3 is 19.3 Å². The molecule has 0 atom stereocenters. The Balaban J connectivity index is 3.64. The van der Waals surface area contributed by atoms with E-state index in [4.69, 9.17) is 9.47 Å². The molecule has 98 valence electrons. The molecule has 0 fully saturated rings. The first-order valence-electron chi connectivity index (χ1n) is 6.16. The van der Waals surface area contributed by atoms with Gasteiger partial charge in [0.2, 0.25) is 0 Å². The summed E-state index contributed by atoms with van der Waals surface area (Å²) in [5.74, 6) is 0. The summed E-state index contributed by atoms with van der Waals surface area (Å²) in [5.41, 5.74) is 0. The van der Waals surface area contributed by atoms with E-state index >= 15 is 0 Å². The monoisotopic (exact) mass is 232 g/mol. The summed E-state index contributed by atoms with van der Waals surface area (Å²) in [6, 6.07) is 0. The quantitative estimate of drug-likeness (QED) is 0.530. The molecule has 0 aliphatic carbocycles. The molecule has 0 aromatic rings. The van der Waals surface area contributed by atoms with Gasteiger partial charge in [-0.05, 0) is 35.0 Å². The lowest BCUT2D eigenvalue weighted by Gasteiger charge is -2.22. The molecular formula is C12H28N2O2. The van der Waals surface area contributed by atoms with Crippen molar-refractivity contribution in [1.29, 1.82) is 0 Å². The molecule has 4 heteroatoms. The first-order valence-corrected chi connectivity index (χ1v) is 6.16. The van der Waals surface area contributed by atoms with Crippen LogP contribution in [0.2, 0.25) is 0 Å². The van der Waals surface area contributed by atoms with Crippen molar-refractivity contribution in [1.82, 2.24) is 9.80 Å². The van der Waals surface area contributed by atoms with Crippen LogP contribution in [0.15, 0.2) is 0 Å². The summed E-state index contributed by atoms with van der Waals surface area (Å²) in [7, 11) is 6.33. The standard InChI is InChI=1S/C12H28N2O2/c1-6-15-12(16-7-2)8-9-14(5)11-10-13(3)4/h12H,6-11H2,1-5H3. The van der Waals surface area contributed by atoms with Gasteiger partial charge in [0.15, 0.2) is 6.29 Å². The highest BCUT2D eigenvalue weighted by atomic mass is 16.7. The molecule has 0 aliphatic heterocycles. The largest absolute Gasteiger partial charge is 0.353 e. The van der Waals surface area contributed by atoms with Crippen LogP contribution in [-0.4, -0.2) is 70.1 Å². The lowest BCUT2D eigenvalue weighted by molar-refractivity contribution is -0.141. The minimum absolute atomic E-state index is 0.0446. The van der Waals surface area contributed by atoms with Crippen molar-refractivity contribution in [2.24, 2.45) is 0 Å². The van der Waals surface area contributed by atoms with Crippen LogP contribution in [0, 0.1) is 0 Å². The first-order chi connectivity index (χ1) is 7.60. The maximum atomic E-state index is 5.50. The third kappa shape index (κ3) is 9.09. The summed E-state index contributed by atoms with van der Waals surface area (Å²) < 4.78 is 11.0. The summed E-state index contributed by atoms with van der Waals surface area (Å²) in [4.78, 5) is 4.50. The molecule has 0 aromatic heterocycles. The summed E-state index contributed by atoms with van der Waals surface area (Å²) in [6.07, 6.45) is 0.891. The lowest BCUT2D eigenvalue weighted by atomic mass is 10.3. The fraction of sp³-hybridized carbons (Fsp3) is 1.00. The van der Waals surface area contributed by atoms with Gasteiger partial charge in [0, 0.05) is 39.3 Å². The number of nitrogens with zero attached hydrogens (tertiary/aromatic N) is 2. The van der Waals surface area contributed by atoms with Crippen molar-refractivity contribution >= 4 is 0 Å². The van der Waals surface area contributed by atoms with Gasteiger partial charge in [-0.25, -0.2) is 0 Å². The minimum Gasteiger partial charge on any atom is -0.353 e. The molecule has 0 bridgehead atoms. The maximum Gasteiger partial charge on any atom is 0.158 e. The average molecular weight is 232 g/mol. The molecule has 0 unspecified atom stereocenters. The van der Waals surface area contributed by atoms with Crippen molar-refractivity contribution in [2.45, 2.75) is 26.6 Å². The molecule has 16 heavy (non-hydrogen) atoms. The Hall–Kier alpha value is -0.160. The smallest absolute Gasteiger partial charge is 0.158 e. The zero-order valence-electron chi connectivity index (χ0n) is 11.5.